The lowest BCUT2D eigenvalue weighted by molar-refractivity contribution is -0.259. The maximum atomic E-state index is 13.0. The fourth-order valence-corrected chi connectivity index (χ4v) is 5.95. The summed E-state index contributed by atoms with van der Waals surface area (Å²) in [5.41, 5.74) is -16.9. The molecule has 0 aliphatic rings. The molecule has 4 aromatic rings. The molecule has 76 heavy (non-hydrogen) atoms. The van der Waals surface area contributed by atoms with Crippen molar-refractivity contribution in [2.75, 3.05) is 0 Å². The van der Waals surface area contributed by atoms with Gasteiger partial charge >= 0.3 is 30.7 Å². The molecule has 0 saturated heterocycles. The molecule has 0 fully saturated rings. The average Bonchev–Trinajstić information content (AvgIpc) is 3.24. The number of ether oxygens (including phenoxy) is 1. The zero-order valence-electron chi connectivity index (χ0n) is 44.0. The van der Waals surface area contributed by atoms with Gasteiger partial charge in [-0.15, -0.1) is 0 Å². The van der Waals surface area contributed by atoms with Crippen molar-refractivity contribution < 1.29 is 103 Å². The van der Waals surface area contributed by atoms with E-state index in [1.807, 2.05) is 0 Å². The Balaban J connectivity index is 0.000000511. The van der Waals surface area contributed by atoms with Crippen molar-refractivity contribution in [3.63, 3.8) is 0 Å². The van der Waals surface area contributed by atoms with Crippen LogP contribution in [-0.2, 0) is 49.6 Å². The number of esters is 1. The van der Waals surface area contributed by atoms with Crippen molar-refractivity contribution >= 4 is 12.0 Å². The first-order valence-electron chi connectivity index (χ1n) is 22.6. The summed E-state index contributed by atoms with van der Waals surface area (Å²) in [7, 11) is 0. The van der Waals surface area contributed by atoms with Gasteiger partial charge in [-0.3, -0.25) is 0 Å². The molecule has 0 radical (unpaired) electrons. The molecule has 4 unspecified atom stereocenters. The molecule has 8 N–H and O–H groups in total. The number of carbonyl (C=O) groups excluding carboxylic acids is 1. The highest BCUT2D eigenvalue weighted by molar-refractivity contribution is 5.88. The fraction of sp³-hybridized carbons (Fsp3) is 0.463. The van der Waals surface area contributed by atoms with Crippen LogP contribution in [0.4, 0.5) is 52.7 Å². The first-order chi connectivity index (χ1) is 33.5. The predicted molar refractivity (Wildman–Crippen MR) is 260 cm³/mol. The van der Waals surface area contributed by atoms with Crippen LogP contribution in [0.3, 0.4) is 0 Å². The summed E-state index contributed by atoms with van der Waals surface area (Å²) in [6.45, 7) is 22.6. The van der Waals surface area contributed by atoms with Gasteiger partial charge in [-0.25, -0.2) is 4.79 Å². The molecule has 426 valence electrons. The maximum Gasteiger partial charge on any atom is 0.421 e. The third-order valence-corrected chi connectivity index (χ3v) is 11.7. The number of rotatable bonds is 11. The van der Waals surface area contributed by atoms with Crippen LogP contribution in [0.5, 0.6) is 5.75 Å². The van der Waals surface area contributed by atoms with Crippen LogP contribution >= 0.6 is 0 Å². The molecule has 10 nitrogen and oxygen atoms in total. The summed E-state index contributed by atoms with van der Waals surface area (Å²) in [6.07, 6.45) is -17.9. The van der Waals surface area contributed by atoms with E-state index < -0.39 is 81.0 Å². The van der Waals surface area contributed by atoms with E-state index >= 15 is 0 Å². The number of halogens is 12. The van der Waals surface area contributed by atoms with Crippen LogP contribution in [0.25, 0.3) is 6.08 Å². The van der Waals surface area contributed by atoms with E-state index in [1.54, 1.807) is 0 Å². The molecule has 0 bridgehead atoms. The topological polar surface area (TPSA) is 188 Å². The number of hydrogen-bond donors (Lipinski definition) is 8. The van der Waals surface area contributed by atoms with Crippen LogP contribution in [0.15, 0.2) is 104 Å². The maximum absolute atomic E-state index is 13.0. The van der Waals surface area contributed by atoms with Gasteiger partial charge in [0.15, 0.2) is 22.4 Å². The molecule has 0 aliphatic carbocycles. The Labute approximate surface area is 433 Å². The molecule has 0 heterocycles. The largest absolute Gasteiger partial charge is 0.423 e. The smallest absolute Gasteiger partial charge is 0.421 e. The zero-order valence-corrected chi connectivity index (χ0v) is 44.0. The molecule has 0 saturated carbocycles. The van der Waals surface area contributed by atoms with Crippen molar-refractivity contribution in [1.82, 2.24) is 0 Å². The van der Waals surface area contributed by atoms with Gasteiger partial charge < -0.3 is 45.6 Å². The Hall–Kier alpha value is -5.33. The summed E-state index contributed by atoms with van der Waals surface area (Å²) < 4.78 is 158. The lowest BCUT2D eigenvalue weighted by Crippen LogP contribution is -2.39. The molecule has 22 heteroatoms. The van der Waals surface area contributed by atoms with Gasteiger partial charge in [-0.2, -0.15) is 52.7 Å². The third-order valence-electron chi connectivity index (χ3n) is 11.7. The molecule has 0 aromatic heterocycles. The standard InChI is InChI=1S/C16H19F3O4.C14H17F3O2.2C12H15F3O2/c1-9(2)13(20)23-12-7-10(14(3,4)21)6-11(8-12)15(5,22)16(17,18)19;1-5-9-6-10(12(2,3)18)8-11(7-9)13(4,19)14(15,16)17;1-10(2,16)8-4-6-9(7-5-8)11(3,17)12(13,14)15;1-10(2,16)8-5-4-6-9(7-8)11(3,17)12(13,14)15/h6-8,21-22H,1H2,2-5H3;5-8,18-19H,1H2,2-4H3;2*4-7,16-17H,1-3H3. The van der Waals surface area contributed by atoms with E-state index in [0.29, 0.717) is 44.4 Å². The Kier molecular flexibility index (Phi) is 21.1. The van der Waals surface area contributed by atoms with Crippen molar-refractivity contribution in [1.29, 1.82) is 0 Å². The Bertz CT molecular complexity index is 2620. The Morgan fingerprint density at radius 2 is 0.684 bits per heavy atom. The number of benzene rings is 4. The SMILES string of the molecule is C=C(C)C(=O)Oc1cc(C(C)(C)O)cc(C(C)(O)C(F)(F)F)c1.C=Cc1cc(C(C)(C)O)cc(C(C)(O)C(F)(F)F)c1.CC(C)(O)c1ccc(C(C)(O)C(F)(F)F)cc1.CC(C)(O)c1cccc(C(C)(O)C(F)(F)F)c1. The first kappa shape index (κ1) is 68.7. The van der Waals surface area contributed by atoms with E-state index in [2.05, 4.69) is 13.2 Å². The minimum absolute atomic E-state index is 0.0581. The monoisotopic (exact) mass is 1100 g/mol. The Morgan fingerprint density at radius 1 is 0.408 bits per heavy atom. The molecule has 0 aliphatic heterocycles. The second-order valence-corrected chi connectivity index (χ2v) is 20.6. The highest BCUT2D eigenvalue weighted by Crippen LogP contribution is 2.44. The van der Waals surface area contributed by atoms with E-state index in [0.717, 1.165) is 24.3 Å². The van der Waals surface area contributed by atoms with Gasteiger partial charge in [-0.1, -0.05) is 61.7 Å². The zero-order chi connectivity index (χ0) is 60.2. The fourth-order valence-electron chi connectivity index (χ4n) is 5.95. The van der Waals surface area contributed by atoms with Gasteiger partial charge in [0.25, 0.3) is 0 Å². The lowest BCUT2D eigenvalue weighted by atomic mass is 9.87. The van der Waals surface area contributed by atoms with Gasteiger partial charge in [-0.05, 0) is 183 Å². The van der Waals surface area contributed by atoms with Crippen LogP contribution in [-0.4, -0.2) is 71.5 Å². The van der Waals surface area contributed by atoms with E-state index in [-0.39, 0.29) is 39.1 Å². The first-order valence-corrected chi connectivity index (χ1v) is 22.6. The molecule has 4 aromatic carbocycles. The second-order valence-electron chi connectivity index (χ2n) is 20.6. The third kappa shape index (κ3) is 17.9. The summed E-state index contributed by atoms with van der Waals surface area (Å²) in [5, 5.41) is 77.8. The van der Waals surface area contributed by atoms with Gasteiger partial charge in [0, 0.05) is 5.57 Å². The van der Waals surface area contributed by atoms with Crippen LogP contribution in [0, 0.1) is 0 Å². The summed E-state index contributed by atoms with van der Waals surface area (Å²) in [5.74, 6) is -1.05. The molecular weight excluding hydrogens is 1040 g/mol. The molecule has 0 spiro atoms. The summed E-state index contributed by atoms with van der Waals surface area (Å²) >= 11 is 0. The highest BCUT2D eigenvalue weighted by Gasteiger charge is 2.54. The van der Waals surface area contributed by atoms with Crippen LogP contribution in [0.2, 0.25) is 0 Å². The van der Waals surface area contributed by atoms with Crippen molar-refractivity contribution in [3.05, 3.63) is 154 Å². The number of aliphatic hydroxyl groups is 8. The van der Waals surface area contributed by atoms with Crippen molar-refractivity contribution in [3.8, 4) is 5.75 Å². The minimum Gasteiger partial charge on any atom is -0.423 e. The predicted octanol–water partition coefficient (Wildman–Crippen LogP) is 11.9. The van der Waals surface area contributed by atoms with E-state index in [9.17, 15) is 98.3 Å². The average molecular weight is 1100 g/mol. The number of hydrogen-bond acceptors (Lipinski definition) is 10. The molecule has 4 atom stereocenters. The van der Waals surface area contributed by atoms with Crippen LogP contribution < -0.4 is 4.74 Å². The molecule has 4 rings (SSSR count). The summed E-state index contributed by atoms with van der Waals surface area (Å²) in [4.78, 5) is 11.6. The lowest BCUT2D eigenvalue weighted by Gasteiger charge is -2.29. The van der Waals surface area contributed by atoms with Crippen LogP contribution in [0.1, 0.15) is 140 Å². The van der Waals surface area contributed by atoms with Gasteiger partial charge in [0.2, 0.25) is 0 Å². The minimum atomic E-state index is -4.94. The molecular formula is C54H66F12O10. The normalized spacial score (nSPS) is 16.0. The highest BCUT2D eigenvalue weighted by atomic mass is 19.4. The van der Waals surface area contributed by atoms with Crippen molar-refractivity contribution in [2.24, 2.45) is 0 Å². The Morgan fingerprint density at radius 3 is 1.03 bits per heavy atom. The summed E-state index contributed by atoms with van der Waals surface area (Å²) in [6, 6.07) is 17.4. The van der Waals surface area contributed by atoms with Crippen molar-refractivity contribution in [2.45, 2.75) is 160 Å². The quantitative estimate of drug-likeness (QED) is 0.0311. The van der Waals surface area contributed by atoms with Gasteiger partial charge in [0.1, 0.15) is 5.75 Å². The van der Waals surface area contributed by atoms with Gasteiger partial charge in [0.05, 0.1) is 22.4 Å². The number of carbonyl (C=O) groups is 1. The van der Waals surface area contributed by atoms with E-state index in [1.165, 1.54) is 129 Å². The molecule has 0 amide bonds. The van der Waals surface area contributed by atoms with E-state index in [4.69, 9.17) is 4.74 Å². The number of alkyl halides is 12. The second kappa shape index (κ2) is 23.3.